The quantitative estimate of drug-likeness (QED) is 0.778. The van der Waals surface area contributed by atoms with Gasteiger partial charge in [0.15, 0.2) is 0 Å². The largest absolute Gasteiger partial charge is 0.550 e. The minimum atomic E-state index is -1.03. The van der Waals surface area contributed by atoms with Gasteiger partial charge in [0.1, 0.15) is 5.75 Å². The molecule has 3 nitrogen and oxygen atoms in total. The summed E-state index contributed by atoms with van der Waals surface area (Å²) in [5.41, 5.74) is 2.21. The van der Waals surface area contributed by atoms with E-state index in [0.29, 0.717) is 13.0 Å². The highest BCUT2D eigenvalue weighted by atomic mass is 79.9. The molecule has 88 valence electrons. The first kappa shape index (κ1) is 13.0. The van der Waals surface area contributed by atoms with Gasteiger partial charge in [-0.3, -0.25) is 0 Å². The maximum atomic E-state index is 10.2. The number of carboxylic acids is 1. The van der Waals surface area contributed by atoms with Crippen LogP contribution in [0.1, 0.15) is 24.0 Å². The molecule has 0 unspecified atom stereocenters. The highest BCUT2D eigenvalue weighted by molar-refractivity contribution is 9.10. The van der Waals surface area contributed by atoms with Gasteiger partial charge in [-0.2, -0.15) is 0 Å². The van der Waals surface area contributed by atoms with Gasteiger partial charge in [-0.1, -0.05) is 15.9 Å². The van der Waals surface area contributed by atoms with Crippen molar-refractivity contribution in [2.75, 3.05) is 6.61 Å². The number of rotatable bonds is 5. The average Bonchev–Trinajstić information content (AvgIpc) is 2.23. The Morgan fingerprint density at radius 3 is 2.69 bits per heavy atom. The highest BCUT2D eigenvalue weighted by Gasteiger charge is 2.05. The van der Waals surface area contributed by atoms with Crippen molar-refractivity contribution >= 4 is 21.9 Å². The van der Waals surface area contributed by atoms with Gasteiger partial charge in [-0.25, -0.2) is 0 Å². The molecule has 0 spiro atoms. The molecular weight excluding hydrogens is 272 g/mol. The third kappa shape index (κ3) is 3.52. The Morgan fingerprint density at radius 2 is 2.06 bits per heavy atom. The van der Waals surface area contributed by atoms with Crippen molar-refractivity contribution in [1.82, 2.24) is 0 Å². The lowest BCUT2D eigenvalue weighted by molar-refractivity contribution is -0.305. The number of hydrogen-bond acceptors (Lipinski definition) is 3. The van der Waals surface area contributed by atoms with E-state index in [0.717, 1.165) is 21.3 Å². The summed E-state index contributed by atoms with van der Waals surface area (Å²) in [4.78, 5) is 10.2. The zero-order valence-corrected chi connectivity index (χ0v) is 11.0. The van der Waals surface area contributed by atoms with Crippen LogP contribution in [0.5, 0.6) is 5.75 Å². The number of hydrogen-bond donors (Lipinski definition) is 0. The van der Waals surface area contributed by atoms with Crippen molar-refractivity contribution in [2.45, 2.75) is 26.7 Å². The van der Waals surface area contributed by atoms with Crippen LogP contribution in [0.3, 0.4) is 0 Å². The normalized spacial score (nSPS) is 10.2. The van der Waals surface area contributed by atoms with E-state index in [4.69, 9.17) is 4.74 Å². The van der Waals surface area contributed by atoms with E-state index < -0.39 is 5.97 Å². The molecule has 0 fully saturated rings. The molecule has 1 aromatic carbocycles. The molecule has 0 heterocycles. The summed E-state index contributed by atoms with van der Waals surface area (Å²) >= 11 is 3.44. The van der Waals surface area contributed by atoms with E-state index in [9.17, 15) is 9.90 Å². The number of ether oxygens (including phenoxy) is 1. The van der Waals surface area contributed by atoms with Gasteiger partial charge in [0.2, 0.25) is 0 Å². The van der Waals surface area contributed by atoms with Crippen LogP contribution in [0.2, 0.25) is 0 Å². The summed E-state index contributed by atoms with van der Waals surface area (Å²) in [5, 5.41) is 10.2. The van der Waals surface area contributed by atoms with Gasteiger partial charge in [0, 0.05) is 10.4 Å². The first-order valence-electron chi connectivity index (χ1n) is 5.10. The highest BCUT2D eigenvalue weighted by Crippen LogP contribution is 2.27. The number of carbonyl (C=O) groups is 1. The summed E-state index contributed by atoms with van der Waals surface area (Å²) < 4.78 is 6.56. The SMILES string of the molecule is Cc1c(Br)ccc(OCCCC(=O)[O-])c1C. The van der Waals surface area contributed by atoms with E-state index in [1.807, 2.05) is 26.0 Å². The third-order valence-electron chi connectivity index (χ3n) is 2.45. The number of halogens is 1. The predicted molar refractivity (Wildman–Crippen MR) is 63.4 cm³/mol. The predicted octanol–water partition coefficient (Wildman–Crippen LogP) is 1.97. The maximum Gasteiger partial charge on any atom is 0.122 e. The smallest absolute Gasteiger partial charge is 0.122 e. The van der Waals surface area contributed by atoms with Crippen molar-refractivity contribution in [3.8, 4) is 5.75 Å². The minimum absolute atomic E-state index is 0.0363. The molecule has 16 heavy (non-hydrogen) atoms. The molecule has 0 radical (unpaired) electrons. The van der Waals surface area contributed by atoms with Crippen molar-refractivity contribution in [3.05, 3.63) is 27.7 Å². The molecule has 0 saturated carbocycles. The van der Waals surface area contributed by atoms with Gasteiger partial charge in [0.05, 0.1) is 6.61 Å². The topological polar surface area (TPSA) is 49.4 Å². The molecule has 0 bridgehead atoms. The molecular formula is C12H14BrO3-. The van der Waals surface area contributed by atoms with Crippen molar-refractivity contribution in [3.63, 3.8) is 0 Å². The molecule has 0 aliphatic rings. The van der Waals surface area contributed by atoms with Crippen LogP contribution in [0.25, 0.3) is 0 Å². The molecule has 0 aliphatic heterocycles. The van der Waals surface area contributed by atoms with Crippen LogP contribution in [-0.4, -0.2) is 12.6 Å². The summed E-state index contributed by atoms with van der Waals surface area (Å²) in [5.74, 6) is -0.230. The average molecular weight is 286 g/mol. The fourth-order valence-corrected chi connectivity index (χ4v) is 1.75. The third-order valence-corrected chi connectivity index (χ3v) is 3.31. The Morgan fingerprint density at radius 1 is 1.38 bits per heavy atom. The van der Waals surface area contributed by atoms with E-state index in [-0.39, 0.29) is 6.42 Å². The second-order valence-corrected chi connectivity index (χ2v) is 4.47. The summed E-state index contributed by atoms with van der Waals surface area (Å²) in [6, 6.07) is 3.81. The van der Waals surface area contributed by atoms with Gasteiger partial charge in [0.25, 0.3) is 0 Å². The Labute approximate surface area is 104 Å². The van der Waals surface area contributed by atoms with Crippen molar-refractivity contribution < 1.29 is 14.6 Å². The van der Waals surface area contributed by atoms with Crippen molar-refractivity contribution in [2.24, 2.45) is 0 Å². The molecule has 1 aromatic rings. The van der Waals surface area contributed by atoms with Crippen LogP contribution < -0.4 is 9.84 Å². The summed E-state index contributed by atoms with van der Waals surface area (Å²) in [6.07, 6.45) is 0.505. The fourth-order valence-electron chi connectivity index (χ4n) is 1.32. The van der Waals surface area contributed by atoms with E-state index in [1.54, 1.807) is 0 Å². The number of carboxylic acid groups (broad SMARTS) is 1. The van der Waals surface area contributed by atoms with E-state index in [1.165, 1.54) is 0 Å². The lowest BCUT2D eigenvalue weighted by atomic mass is 10.1. The van der Waals surface area contributed by atoms with E-state index >= 15 is 0 Å². The van der Waals surface area contributed by atoms with Crippen LogP contribution in [0.4, 0.5) is 0 Å². The summed E-state index contributed by atoms with van der Waals surface area (Å²) in [7, 11) is 0. The lowest BCUT2D eigenvalue weighted by Crippen LogP contribution is -2.22. The molecule has 0 atom stereocenters. The molecule has 0 saturated heterocycles. The standard InChI is InChI=1S/C12H15BrO3/c1-8-9(2)11(6-5-10(8)13)16-7-3-4-12(14)15/h5-6H,3-4,7H2,1-2H3,(H,14,15)/p-1. The minimum Gasteiger partial charge on any atom is -0.550 e. The second-order valence-electron chi connectivity index (χ2n) is 3.62. The molecule has 4 heteroatoms. The van der Waals surface area contributed by atoms with E-state index in [2.05, 4.69) is 15.9 Å². The first-order valence-corrected chi connectivity index (χ1v) is 5.90. The van der Waals surface area contributed by atoms with Crippen LogP contribution in [-0.2, 0) is 4.79 Å². The monoisotopic (exact) mass is 285 g/mol. The Bertz CT molecular complexity index is 388. The second kappa shape index (κ2) is 5.89. The fraction of sp³-hybridized carbons (Fsp3) is 0.417. The molecule has 0 N–H and O–H groups in total. The van der Waals surface area contributed by atoms with Crippen LogP contribution in [0.15, 0.2) is 16.6 Å². The van der Waals surface area contributed by atoms with Crippen molar-refractivity contribution in [1.29, 1.82) is 0 Å². The van der Waals surface area contributed by atoms with Gasteiger partial charge in [-0.05, 0) is 49.9 Å². The zero-order valence-electron chi connectivity index (χ0n) is 9.38. The Kier molecular flexibility index (Phi) is 4.80. The summed E-state index contributed by atoms with van der Waals surface area (Å²) in [6.45, 7) is 4.39. The number of benzene rings is 1. The van der Waals surface area contributed by atoms with Crippen LogP contribution in [0, 0.1) is 13.8 Å². The zero-order chi connectivity index (χ0) is 12.1. The van der Waals surface area contributed by atoms with Gasteiger partial charge >= 0.3 is 0 Å². The first-order chi connectivity index (χ1) is 7.52. The lowest BCUT2D eigenvalue weighted by Gasteiger charge is -2.12. The number of carbonyl (C=O) groups excluding carboxylic acids is 1. The maximum absolute atomic E-state index is 10.2. The molecule has 0 amide bonds. The van der Waals surface area contributed by atoms with Gasteiger partial charge in [-0.15, -0.1) is 0 Å². The Hall–Kier alpha value is -1.03. The molecule has 0 aromatic heterocycles. The Balaban J connectivity index is 2.55. The number of aliphatic carboxylic acids is 1. The molecule has 1 rings (SSSR count). The van der Waals surface area contributed by atoms with Crippen LogP contribution >= 0.6 is 15.9 Å². The van der Waals surface area contributed by atoms with Gasteiger partial charge < -0.3 is 14.6 Å². The molecule has 0 aliphatic carbocycles.